The van der Waals surface area contributed by atoms with E-state index in [-0.39, 0.29) is 12.0 Å². The molecule has 1 aliphatic heterocycles. The maximum Gasteiger partial charge on any atom is 0.267 e. The lowest BCUT2D eigenvalue weighted by atomic mass is 10.1. The van der Waals surface area contributed by atoms with Gasteiger partial charge in [-0.1, -0.05) is 17.8 Å². The number of aryl methyl sites for hydroxylation is 1. The molecule has 0 unspecified atom stereocenters. The molecule has 0 radical (unpaired) electrons. The van der Waals surface area contributed by atoms with E-state index in [1.165, 1.54) is 11.5 Å². The molecule has 2 aromatic heterocycles. The summed E-state index contributed by atoms with van der Waals surface area (Å²) >= 11 is 1.19. The minimum Gasteiger partial charge on any atom is -0.370 e. The Hall–Kier alpha value is -1.86. The predicted molar refractivity (Wildman–Crippen MR) is 82.7 cm³/mol. The van der Waals surface area contributed by atoms with E-state index < -0.39 is 0 Å². The minimum absolute atomic E-state index is 0.0146. The van der Waals surface area contributed by atoms with Crippen LogP contribution in [0.15, 0.2) is 24.5 Å². The third-order valence-electron chi connectivity index (χ3n) is 3.67. The molecule has 0 bridgehead atoms. The molecule has 1 aliphatic rings. The molecule has 116 valence electrons. The highest BCUT2D eigenvalue weighted by atomic mass is 32.1. The smallest absolute Gasteiger partial charge is 0.267 e. The van der Waals surface area contributed by atoms with Gasteiger partial charge in [0.15, 0.2) is 0 Å². The second kappa shape index (κ2) is 6.93. The Balaban J connectivity index is 1.74. The Morgan fingerprint density at radius 1 is 1.45 bits per heavy atom. The van der Waals surface area contributed by atoms with Crippen LogP contribution in [0.3, 0.4) is 0 Å². The summed E-state index contributed by atoms with van der Waals surface area (Å²) in [6, 6.07) is 3.85. The third-order valence-corrected chi connectivity index (χ3v) is 4.42. The van der Waals surface area contributed by atoms with Crippen molar-refractivity contribution in [1.82, 2.24) is 19.5 Å². The Morgan fingerprint density at radius 2 is 2.27 bits per heavy atom. The van der Waals surface area contributed by atoms with Gasteiger partial charge >= 0.3 is 0 Å². The van der Waals surface area contributed by atoms with Crippen LogP contribution >= 0.6 is 11.5 Å². The van der Waals surface area contributed by atoms with Crippen molar-refractivity contribution in [1.29, 1.82) is 0 Å². The lowest BCUT2D eigenvalue weighted by Crippen LogP contribution is -2.42. The molecular weight excluding hydrogens is 300 g/mol. The Morgan fingerprint density at radius 3 is 3.05 bits per heavy atom. The number of hydrogen-bond donors (Lipinski definition) is 0. The fourth-order valence-corrected chi connectivity index (χ4v) is 3.21. The van der Waals surface area contributed by atoms with Crippen molar-refractivity contribution < 1.29 is 9.53 Å². The average Bonchev–Trinajstić information content (AvgIpc) is 3.04. The highest BCUT2D eigenvalue weighted by Gasteiger charge is 2.28. The molecule has 0 saturated carbocycles. The molecule has 7 heteroatoms. The lowest BCUT2D eigenvalue weighted by Gasteiger charge is -2.32. The number of hydrogen-bond acceptors (Lipinski definition) is 6. The van der Waals surface area contributed by atoms with E-state index in [9.17, 15) is 4.79 Å². The summed E-state index contributed by atoms with van der Waals surface area (Å²) in [6.45, 7) is 3.76. The van der Waals surface area contributed by atoms with Gasteiger partial charge in [0.2, 0.25) is 0 Å². The van der Waals surface area contributed by atoms with Crippen molar-refractivity contribution in [3.8, 4) is 0 Å². The summed E-state index contributed by atoms with van der Waals surface area (Å²) in [5.41, 5.74) is 1.85. The maximum absolute atomic E-state index is 12.7. The molecular formula is C15H18N4O2S. The number of morpholine rings is 1. The van der Waals surface area contributed by atoms with Crippen LogP contribution in [0.1, 0.15) is 40.4 Å². The van der Waals surface area contributed by atoms with E-state index in [1.807, 2.05) is 17.0 Å². The van der Waals surface area contributed by atoms with Gasteiger partial charge in [0.05, 0.1) is 18.8 Å². The molecule has 1 fully saturated rings. The molecule has 1 amide bonds. The maximum atomic E-state index is 12.7. The van der Waals surface area contributed by atoms with Gasteiger partial charge in [-0.15, -0.1) is 5.10 Å². The van der Waals surface area contributed by atoms with E-state index in [0.717, 1.165) is 24.1 Å². The van der Waals surface area contributed by atoms with Crippen LogP contribution in [-0.4, -0.2) is 45.1 Å². The highest BCUT2D eigenvalue weighted by Crippen LogP contribution is 2.24. The minimum atomic E-state index is -0.101. The fraction of sp³-hybridized carbons (Fsp3) is 0.467. The SMILES string of the molecule is CCCc1nnsc1C(=O)N1CCO[C@@H](c2ccncc2)C1. The molecule has 0 N–H and O–H groups in total. The summed E-state index contributed by atoms with van der Waals surface area (Å²) in [4.78, 5) is 19.2. The average molecular weight is 318 g/mol. The van der Waals surface area contributed by atoms with Crippen LogP contribution in [0.4, 0.5) is 0 Å². The van der Waals surface area contributed by atoms with Gasteiger partial charge in [-0.3, -0.25) is 9.78 Å². The number of carbonyl (C=O) groups is 1. The van der Waals surface area contributed by atoms with Crippen LogP contribution in [0.5, 0.6) is 0 Å². The first-order chi connectivity index (χ1) is 10.8. The van der Waals surface area contributed by atoms with Crippen molar-refractivity contribution in [3.05, 3.63) is 40.7 Å². The van der Waals surface area contributed by atoms with Crippen LogP contribution < -0.4 is 0 Å². The topological polar surface area (TPSA) is 68.2 Å². The van der Waals surface area contributed by atoms with Crippen LogP contribution in [0, 0.1) is 0 Å². The number of carbonyl (C=O) groups excluding carboxylic acids is 1. The summed E-state index contributed by atoms with van der Waals surface area (Å²) in [7, 11) is 0. The molecule has 6 nitrogen and oxygen atoms in total. The molecule has 0 aliphatic carbocycles. The van der Waals surface area contributed by atoms with E-state index >= 15 is 0 Å². The van der Waals surface area contributed by atoms with Crippen molar-refractivity contribution in [2.24, 2.45) is 0 Å². The predicted octanol–water partition coefficient (Wildman–Crippen LogP) is 2.10. The first-order valence-corrected chi connectivity index (χ1v) is 8.19. The van der Waals surface area contributed by atoms with Gasteiger partial charge in [-0.05, 0) is 35.6 Å². The van der Waals surface area contributed by atoms with Gasteiger partial charge in [0.1, 0.15) is 11.0 Å². The normalized spacial score (nSPS) is 18.4. The van der Waals surface area contributed by atoms with Crippen molar-refractivity contribution in [2.75, 3.05) is 19.7 Å². The summed E-state index contributed by atoms with van der Waals surface area (Å²) in [5, 5.41) is 4.08. The number of pyridine rings is 1. The van der Waals surface area contributed by atoms with E-state index in [2.05, 4.69) is 21.5 Å². The van der Waals surface area contributed by atoms with Gasteiger partial charge in [-0.25, -0.2) is 0 Å². The molecule has 1 saturated heterocycles. The Bertz CT molecular complexity index is 631. The highest BCUT2D eigenvalue weighted by molar-refractivity contribution is 7.08. The molecule has 3 rings (SSSR count). The monoisotopic (exact) mass is 318 g/mol. The van der Waals surface area contributed by atoms with Crippen LogP contribution in [-0.2, 0) is 11.2 Å². The molecule has 3 heterocycles. The quantitative estimate of drug-likeness (QED) is 0.863. The Labute approximate surface area is 133 Å². The third kappa shape index (κ3) is 3.15. The lowest BCUT2D eigenvalue weighted by molar-refractivity contribution is -0.0227. The standard InChI is InChI=1S/C15H18N4O2S/c1-2-3-12-14(22-18-17-12)15(20)19-8-9-21-13(10-19)11-4-6-16-7-5-11/h4-7,13H,2-3,8-10H2,1H3/t13-/m1/s1. The van der Waals surface area contributed by atoms with E-state index in [4.69, 9.17) is 4.74 Å². The summed E-state index contributed by atoms with van der Waals surface area (Å²) < 4.78 is 9.73. The zero-order valence-corrected chi connectivity index (χ0v) is 13.3. The van der Waals surface area contributed by atoms with Gasteiger partial charge in [-0.2, -0.15) is 0 Å². The molecule has 1 atom stereocenters. The first-order valence-electron chi connectivity index (χ1n) is 7.41. The fourth-order valence-electron chi connectivity index (χ4n) is 2.53. The molecule has 0 spiro atoms. The van der Waals surface area contributed by atoms with Crippen molar-refractivity contribution >= 4 is 17.4 Å². The number of amides is 1. The zero-order chi connectivity index (χ0) is 15.4. The number of rotatable bonds is 4. The van der Waals surface area contributed by atoms with Crippen molar-refractivity contribution in [3.63, 3.8) is 0 Å². The largest absolute Gasteiger partial charge is 0.370 e. The zero-order valence-electron chi connectivity index (χ0n) is 12.4. The second-order valence-corrected chi connectivity index (χ2v) is 5.94. The van der Waals surface area contributed by atoms with Gasteiger partial charge < -0.3 is 9.64 Å². The van der Waals surface area contributed by atoms with Gasteiger partial charge in [0, 0.05) is 18.9 Å². The van der Waals surface area contributed by atoms with Crippen LogP contribution in [0.25, 0.3) is 0 Å². The first kappa shape index (κ1) is 15.1. The molecule has 0 aromatic carbocycles. The summed E-state index contributed by atoms with van der Waals surface area (Å²) in [6.07, 6.45) is 5.12. The number of aromatic nitrogens is 3. The van der Waals surface area contributed by atoms with Crippen LogP contribution in [0.2, 0.25) is 0 Å². The van der Waals surface area contributed by atoms with E-state index in [0.29, 0.717) is 24.6 Å². The van der Waals surface area contributed by atoms with Gasteiger partial charge in [0.25, 0.3) is 5.91 Å². The molecule has 2 aromatic rings. The second-order valence-electron chi connectivity index (χ2n) is 5.19. The van der Waals surface area contributed by atoms with E-state index in [1.54, 1.807) is 12.4 Å². The number of ether oxygens (including phenoxy) is 1. The molecule has 22 heavy (non-hydrogen) atoms. The summed E-state index contributed by atoms with van der Waals surface area (Å²) in [5.74, 6) is 0.0146. The Kier molecular flexibility index (Phi) is 4.74. The van der Waals surface area contributed by atoms with Crippen molar-refractivity contribution in [2.45, 2.75) is 25.9 Å². The number of nitrogens with zero attached hydrogens (tertiary/aromatic N) is 4.